The van der Waals surface area contributed by atoms with Crippen LogP contribution in [0.4, 0.5) is 5.69 Å². The van der Waals surface area contributed by atoms with E-state index in [1.165, 1.54) is 12.7 Å². The molecule has 0 bridgehead atoms. The summed E-state index contributed by atoms with van der Waals surface area (Å²) in [6.07, 6.45) is 0.725. The number of anilines is 1. The Hall–Kier alpha value is -0.0500. The number of rotatable bonds is 1. The molecule has 17 heavy (non-hydrogen) atoms. The van der Waals surface area contributed by atoms with Crippen molar-refractivity contribution < 1.29 is 9.53 Å². The summed E-state index contributed by atoms with van der Waals surface area (Å²) in [5.74, 6) is -0.198. The molecule has 1 heterocycles. The highest BCUT2D eigenvalue weighted by Crippen LogP contribution is 2.25. The van der Waals surface area contributed by atoms with E-state index < -0.39 is 0 Å². The SMILES string of the molecule is CC.COC(=O)C1Cc2ccccc2N1.II. The Morgan fingerprint density at radius 1 is 1.35 bits per heavy atom. The first-order valence-corrected chi connectivity index (χ1v) is 11.7. The van der Waals surface area contributed by atoms with Gasteiger partial charge in [-0.15, -0.1) is 0 Å². The second-order valence-corrected chi connectivity index (χ2v) is 3.08. The number of methoxy groups -OCH3 is 1. The van der Waals surface area contributed by atoms with Crippen molar-refractivity contribution in [3.8, 4) is 0 Å². The van der Waals surface area contributed by atoms with Crippen LogP contribution in [0.1, 0.15) is 19.4 Å². The van der Waals surface area contributed by atoms with E-state index in [0.29, 0.717) is 0 Å². The number of benzene rings is 1. The molecule has 1 aromatic rings. The molecule has 5 heteroatoms. The van der Waals surface area contributed by atoms with E-state index in [4.69, 9.17) is 0 Å². The largest absolute Gasteiger partial charge is 0.467 e. The van der Waals surface area contributed by atoms with Gasteiger partial charge in [0.1, 0.15) is 6.04 Å². The van der Waals surface area contributed by atoms with Crippen molar-refractivity contribution in [1.29, 1.82) is 0 Å². The van der Waals surface area contributed by atoms with Crippen molar-refractivity contribution in [2.24, 2.45) is 0 Å². The first kappa shape index (κ1) is 16.9. The molecule has 1 N–H and O–H groups in total. The molecule has 0 fully saturated rings. The molecule has 0 amide bonds. The number of carbonyl (C=O) groups excluding carboxylic acids is 1. The predicted molar refractivity (Wildman–Crippen MR) is 89.0 cm³/mol. The number of carbonyl (C=O) groups is 1. The number of ether oxygens (including phenoxy) is 1. The Labute approximate surface area is 126 Å². The highest BCUT2D eigenvalue weighted by Gasteiger charge is 2.26. The molecule has 0 aromatic heterocycles. The smallest absolute Gasteiger partial charge is 0.328 e. The van der Waals surface area contributed by atoms with Gasteiger partial charge in [0.15, 0.2) is 0 Å². The molecule has 3 nitrogen and oxygen atoms in total. The minimum Gasteiger partial charge on any atom is -0.467 e. The Kier molecular flexibility index (Phi) is 9.90. The van der Waals surface area contributed by atoms with Gasteiger partial charge in [0.25, 0.3) is 0 Å². The molecular weight excluding hydrogens is 444 g/mol. The molecule has 0 saturated heterocycles. The van der Waals surface area contributed by atoms with Crippen LogP contribution in [0, 0.1) is 0 Å². The summed E-state index contributed by atoms with van der Waals surface area (Å²) in [7, 11) is 1.41. The van der Waals surface area contributed by atoms with Gasteiger partial charge in [0.05, 0.1) is 7.11 Å². The van der Waals surface area contributed by atoms with Crippen molar-refractivity contribution >= 4 is 48.9 Å². The summed E-state index contributed by atoms with van der Waals surface area (Å²) < 4.78 is 4.66. The molecule has 1 aromatic carbocycles. The van der Waals surface area contributed by atoms with Gasteiger partial charge >= 0.3 is 5.97 Å². The summed E-state index contributed by atoms with van der Waals surface area (Å²) >= 11 is 4.24. The fraction of sp³-hybridized carbons (Fsp3) is 0.417. The lowest BCUT2D eigenvalue weighted by Gasteiger charge is -2.07. The predicted octanol–water partition coefficient (Wildman–Crippen LogP) is 3.99. The summed E-state index contributed by atoms with van der Waals surface area (Å²) in [5.41, 5.74) is 2.22. The second-order valence-electron chi connectivity index (χ2n) is 3.08. The molecule has 0 saturated carbocycles. The van der Waals surface area contributed by atoms with Crippen LogP contribution in [0.2, 0.25) is 0 Å². The van der Waals surface area contributed by atoms with Crippen molar-refractivity contribution in [2.75, 3.05) is 12.4 Å². The van der Waals surface area contributed by atoms with E-state index in [-0.39, 0.29) is 12.0 Å². The third-order valence-corrected chi connectivity index (χ3v) is 2.26. The van der Waals surface area contributed by atoms with Crippen molar-refractivity contribution in [2.45, 2.75) is 26.3 Å². The number of esters is 1. The Morgan fingerprint density at radius 3 is 2.47 bits per heavy atom. The van der Waals surface area contributed by atoms with Crippen LogP contribution in [-0.2, 0) is 16.0 Å². The summed E-state index contributed by atoms with van der Waals surface area (Å²) in [5, 5.41) is 3.11. The van der Waals surface area contributed by atoms with E-state index in [1.807, 2.05) is 38.1 Å². The minimum absolute atomic E-state index is 0.198. The van der Waals surface area contributed by atoms with Gasteiger partial charge in [-0.1, -0.05) is 32.0 Å². The fourth-order valence-corrected chi connectivity index (χ4v) is 1.58. The number of nitrogens with one attached hydrogen (secondary N) is 1. The third kappa shape index (κ3) is 4.99. The summed E-state index contributed by atoms with van der Waals surface area (Å²) in [4.78, 5) is 11.2. The number of halogens is 2. The zero-order chi connectivity index (χ0) is 13.3. The molecule has 1 unspecified atom stereocenters. The maximum absolute atomic E-state index is 11.2. The van der Waals surface area contributed by atoms with Crippen LogP contribution in [0.3, 0.4) is 0 Å². The van der Waals surface area contributed by atoms with Gasteiger partial charge in [0, 0.05) is 49.3 Å². The van der Waals surface area contributed by atoms with Crippen LogP contribution < -0.4 is 5.32 Å². The quantitative estimate of drug-likeness (QED) is 0.508. The second kappa shape index (κ2) is 9.93. The first-order valence-electron chi connectivity index (χ1n) is 5.38. The molecule has 2 rings (SSSR count). The summed E-state index contributed by atoms with van der Waals surface area (Å²) in [6, 6.07) is 7.71. The van der Waals surface area contributed by atoms with Crippen molar-refractivity contribution in [3.63, 3.8) is 0 Å². The highest BCUT2D eigenvalue weighted by atomic mass is 128. The van der Waals surface area contributed by atoms with Crippen molar-refractivity contribution in [3.05, 3.63) is 29.8 Å². The molecule has 0 radical (unpaired) electrons. The Balaban J connectivity index is 0.000000581. The average molecular weight is 461 g/mol. The van der Waals surface area contributed by atoms with E-state index in [1.54, 1.807) is 0 Å². The zero-order valence-electron chi connectivity index (χ0n) is 10.2. The van der Waals surface area contributed by atoms with Gasteiger partial charge in [-0.05, 0) is 11.6 Å². The van der Waals surface area contributed by atoms with Crippen LogP contribution in [0.5, 0.6) is 0 Å². The topological polar surface area (TPSA) is 38.3 Å². The summed E-state index contributed by atoms with van der Waals surface area (Å²) in [6.45, 7) is 4.00. The van der Waals surface area contributed by atoms with E-state index in [9.17, 15) is 4.79 Å². The maximum Gasteiger partial charge on any atom is 0.328 e. The average Bonchev–Trinajstić information content (AvgIpc) is 2.86. The first-order chi connectivity index (χ1) is 8.31. The third-order valence-electron chi connectivity index (χ3n) is 2.26. The molecule has 96 valence electrons. The molecule has 0 spiro atoms. The lowest BCUT2D eigenvalue weighted by Crippen LogP contribution is -2.27. The maximum atomic E-state index is 11.2. The highest BCUT2D eigenvalue weighted by molar-refractivity contribution is 15.0. The monoisotopic (exact) mass is 461 g/mol. The van der Waals surface area contributed by atoms with E-state index in [2.05, 4.69) is 47.3 Å². The molecule has 1 atom stereocenters. The number of fused-ring (bicyclic) bond motifs is 1. The van der Waals surface area contributed by atoms with Gasteiger partial charge in [-0.2, -0.15) is 0 Å². The molecule has 1 aliphatic rings. The zero-order valence-corrected chi connectivity index (χ0v) is 14.5. The van der Waals surface area contributed by atoms with Crippen LogP contribution >= 0.6 is 37.2 Å². The standard InChI is InChI=1S/C10H11NO2.C2H6.I2/c1-13-10(12)9-6-7-4-2-3-5-8(7)11-9;2*1-2/h2-5,9,11H,6H2,1H3;1-2H3;. The molecular formula is C12H17I2NO2. The fourth-order valence-electron chi connectivity index (χ4n) is 1.58. The lowest BCUT2D eigenvalue weighted by atomic mass is 10.1. The number of hydrogen-bond acceptors (Lipinski definition) is 3. The molecule has 1 aliphatic heterocycles. The molecule has 0 aliphatic carbocycles. The van der Waals surface area contributed by atoms with Crippen LogP contribution in [0.15, 0.2) is 24.3 Å². The normalized spacial score (nSPS) is 15.2. The van der Waals surface area contributed by atoms with Gasteiger partial charge in [-0.3, -0.25) is 0 Å². The minimum atomic E-state index is -0.206. The number of hydrogen-bond donors (Lipinski definition) is 1. The lowest BCUT2D eigenvalue weighted by molar-refractivity contribution is -0.141. The number of para-hydroxylation sites is 1. The van der Waals surface area contributed by atoms with Gasteiger partial charge < -0.3 is 10.1 Å². The van der Waals surface area contributed by atoms with Crippen LogP contribution in [-0.4, -0.2) is 19.1 Å². The Morgan fingerprint density at radius 2 is 1.94 bits per heavy atom. The van der Waals surface area contributed by atoms with Gasteiger partial charge in [0.2, 0.25) is 0 Å². The van der Waals surface area contributed by atoms with E-state index >= 15 is 0 Å². The van der Waals surface area contributed by atoms with Crippen molar-refractivity contribution in [1.82, 2.24) is 0 Å². The Bertz CT molecular complexity index is 320. The van der Waals surface area contributed by atoms with Gasteiger partial charge in [-0.25, -0.2) is 4.79 Å². The van der Waals surface area contributed by atoms with E-state index in [0.717, 1.165) is 12.1 Å². The van der Waals surface area contributed by atoms with Crippen LogP contribution in [0.25, 0.3) is 0 Å².